The summed E-state index contributed by atoms with van der Waals surface area (Å²) in [6.45, 7) is 9.08. The van der Waals surface area contributed by atoms with Crippen LogP contribution in [0, 0.1) is 11.8 Å². The number of carbonyl (C=O) groups excluding carboxylic acids is 2. The topological polar surface area (TPSA) is 86.8 Å². The molecule has 1 N–H and O–H groups in total. The summed E-state index contributed by atoms with van der Waals surface area (Å²) < 4.78 is 27.8. The van der Waals surface area contributed by atoms with Crippen molar-refractivity contribution in [3.63, 3.8) is 0 Å². The number of nitrogens with zero attached hydrogens (tertiary/aromatic N) is 2. The van der Waals surface area contributed by atoms with Crippen LogP contribution in [-0.2, 0) is 26.0 Å². The first-order chi connectivity index (χ1) is 14.1. The van der Waals surface area contributed by atoms with E-state index >= 15 is 0 Å². The minimum atomic E-state index is -3.62. The van der Waals surface area contributed by atoms with E-state index in [9.17, 15) is 18.0 Å². The maximum Gasteiger partial charge on any atom is 0.243 e. The Morgan fingerprint density at radius 3 is 2.47 bits per heavy atom. The molecule has 2 amide bonds. The second kappa shape index (κ2) is 9.06. The summed E-state index contributed by atoms with van der Waals surface area (Å²) in [4.78, 5) is 26.2. The highest BCUT2D eigenvalue weighted by Gasteiger charge is 2.34. The van der Waals surface area contributed by atoms with E-state index < -0.39 is 10.0 Å². The number of amides is 2. The van der Waals surface area contributed by atoms with Gasteiger partial charge in [0.05, 0.1) is 4.90 Å². The van der Waals surface area contributed by atoms with Crippen LogP contribution in [0.3, 0.4) is 0 Å². The molecule has 1 unspecified atom stereocenters. The number of hydrogen-bond acceptors (Lipinski definition) is 4. The molecule has 0 bridgehead atoms. The van der Waals surface area contributed by atoms with Gasteiger partial charge < -0.3 is 10.2 Å². The van der Waals surface area contributed by atoms with Crippen LogP contribution < -0.4 is 10.2 Å². The molecule has 7 nitrogen and oxygen atoms in total. The Labute approximate surface area is 179 Å². The lowest BCUT2D eigenvalue weighted by atomic mass is 9.97. The Morgan fingerprint density at radius 2 is 1.87 bits per heavy atom. The molecule has 1 aromatic rings. The molecule has 1 fully saturated rings. The third-order valence-corrected chi connectivity index (χ3v) is 7.98. The van der Waals surface area contributed by atoms with E-state index in [1.807, 2.05) is 6.92 Å². The zero-order valence-corrected chi connectivity index (χ0v) is 19.2. The summed E-state index contributed by atoms with van der Waals surface area (Å²) in [7, 11) is -3.62. The molecule has 2 aliphatic heterocycles. The van der Waals surface area contributed by atoms with E-state index in [0.717, 1.165) is 17.7 Å². The maximum atomic E-state index is 13.2. The lowest BCUT2D eigenvalue weighted by Gasteiger charge is -2.30. The van der Waals surface area contributed by atoms with E-state index in [1.165, 1.54) is 11.2 Å². The highest BCUT2D eigenvalue weighted by molar-refractivity contribution is 7.89. The van der Waals surface area contributed by atoms with Crippen molar-refractivity contribution in [1.29, 1.82) is 0 Å². The summed E-state index contributed by atoms with van der Waals surface area (Å²) in [6.07, 6.45) is 2.66. The molecule has 0 saturated carbocycles. The minimum absolute atomic E-state index is 0.0282. The van der Waals surface area contributed by atoms with Crippen molar-refractivity contribution in [2.24, 2.45) is 11.8 Å². The minimum Gasteiger partial charge on any atom is -0.356 e. The summed E-state index contributed by atoms with van der Waals surface area (Å²) >= 11 is 0. The Kier molecular flexibility index (Phi) is 6.87. The highest BCUT2D eigenvalue weighted by Crippen LogP contribution is 2.35. The van der Waals surface area contributed by atoms with Crippen LogP contribution in [0.25, 0.3) is 0 Å². The molecule has 1 saturated heterocycles. The zero-order chi connectivity index (χ0) is 22.1. The predicted molar refractivity (Wildman–Crippen MR) is 117 cm³/mol. The molecule has 2 aliphatic rings. The molecule has 0 aromatic heterocycles. The molecule has 3 rings (SSSR count). The molecule has 1 atom stereocenters. The van der Waals surface area contributed by atoms with Gasteiger partial charge in [0.25, 0.3) is 0 Å². The van der Waals surface area contributed by atoms with E-state index in [1.54, 1.807) is 23.1 Å². The Hall–Kier alpha value is -1.93. The normalized spacial score (nSPS) is 20.4. The predicted octanol–water partition coefficient (Wildman–Crippen LogP) is 2.55. The van der Waals surface area contributed by atoms with Gasteiger partial charge in [-0.3, -0.25) is 9.59 Å². The van der Waals surface area contributed by atoms with Gasteiger partial charge in [0.2, 0.25) is 21.8 Å². The van der Waals surface area contributed by atoms with Crippen molar-refractivity contribution in [3.8, 4) is 0 Å². The smallest absolute Gasteiger partial charge is 0.243 e. The molecule has 166 valence electrons. The van der Waals surface area contributed by atoms with E-state index in [2.05, 4.69) is 19.2 Å². The molecule has 0 aliphatic carbocycles. The SMILES string of the molecule is CC(=O)N1c2ccc(S(=O)(=O)N3CCC(C(=O)NCCC(C)C)CC3)cc2CC1C. The number of anilines is 1. The number of rotatable bonds is 6. The van der Waals surface area contributed by atoms with Gasteiger partial charge in [-0.1, -0.05) is 13.8 Å². The number of nitrogens with one attached hydrogen (secondary N) is 1. The van der Waals surface area contributed by atoms with Gasteiger partial charge in [-0.15, -0.1) is 0 Å². The van der Waals surface area contributed by atoms with Gasteiger partial charge >= 0.3 is 0 Å². The Morgan fingerprint density at radius 1 is 1.20 bits per heavy atom. The highest BCUT2D eigenvalue weighted by atomic mass is 32.2. The molecule has 30 heavy (non-hydrogen) atoms. The fraction of sp³-hybridized carbons (Fsp3) is 0.636. The van der Waals surface area contributed by atoms with Crippen LogP contribution in [0.4, 0.5) is 5.69 Å². The van der Waals surface area contributed by atoms with Crippen molar-refractivity contribution in [2.75, 3.05) is 24.5 Å². The lowest BCUT2D eigenvalue weighted by molar-refractivity contribution is -0.126. The Bertz CT molecular complexity index is 905. The van der Waals surface area contributed by atoms with Gasteiger partial charge in [0.15, 0.2) is 0 Å². The second-order valence-electron chi connectivity index (χ2n) is 8.88. The average Bonchev–Trinajstić information content (AvgIpc) is 3.02. The number of carbonyl (C=O) groups is 2. The molecule has 8 heteroatoms. The number of piperidine rings is 1. The van der Waals surface area contributed by atoms with Gasteiger partial charge in [-0.25, -0.2) is 8.42 Å². The standard InChI is InChI=1S/C22H33N3O4S/c1-15(2)7-10-23-22(27)18-8-11-24(12-9-18)30(28,29)20-5-6-21-19(14-20)13-16(3)25(21)17(4)26/h5-6,14-16,18H,7-13H2,1-4H3,(H,23,27). The summed E-state index contributed by atoms with van der Waals surface area (Å²) in [5.41, 5.74) is 1.68. The van der Waals surface area contributed by atoms with Crippen molar-refractivity contribution < 1.29 is 18.0 Å². The van der Waals surface area contributed by atoms with Crippen LogP contribution in [0.5, 0.6) is 0 Å². The largest absolute Gasteiger partial charge is 0.356 e. The molecule has 0 spiro atoms. The molecule has 0 radical (unpaired) electrons. The average molecular weight is 436 g/mol. The fourth-order valence-corrected chi connectivity index (χ4v) is 5.90. The number of sulfonamides is 1. The molecular formula is C22H33N3O4S. The van der Waals surface area contributed by atoms with Crippen LogP contribution in [-0.4, -0.2) is 50.2 Å². The number of benzene rings is 1. The van der Waals surface area contributed by atoms with Gasteiger partial charge in [0, 0.05) is 44.2 Å². The van der Waals surface area contributed by atoms with Gasteiger partial charge in [0.1, 0.15) is 0 Å². The summed E-state index contributed by atoms with van der Waals surface area (Å²) in [6, 6.07) is 5.06. The molecular weight excluding hydrogens is 402 g/mol. The third-order valence-electron chi connectivity index (χ3n) is 6.09. The molecule has 2 heterocycles. The zero-order valence-electron chi connectivity index (χ0n) is 18.3. The van der Waals surface area contributed by atoms with Crippen LogP contribution >= 0.6 is 0 Å². The fourth-order valence-electron chi connectivity index (χ4n) is 4.38. The molecule has 1 aromatic carbocycles. The number of hydrogen-bond donors (Lipinski definition) is 1. The van der Waals surface area contributed by atoms with Crippen molar-refractivity contribution in [2.45, 2.75) is 64.3 Å². The first-order valence-corrected chi connectivity index (χ1v) is 12.3. The second-order valence-corrected chi connectivity index (χ2v) is 10.8. The van der Waals surface area contributed by atoms with Crippen LogP contribution in [0.15, 0.2) is 23.1 Å². The van der Waals surface area contributed by atoms with E-state index in [-0.39, 0.29) is 28.7 Å². The van der Waals surface area contributed by atoms with Gasteiger partial charge in [-0.2, -0.15) is 4.31 Å². The quantitative estimate of drug-likeness (QED) is 0.744. The van der Waals surface area contributed by atoms with Crippen molar-refractivity contribution in [3.05, 3.63) is 23.8 Å². The summed E-state index contributed by atoms with van der Waals surface area (Å²) in [5, 5.41) is 2.98. The summed E-state index contributed by atoms with van der Waals surface area (Å²) in [5.74, 6) is 0.401. The van der Waals surface area contributed by atoms with Crippen molar-refractivity contribution in [1.82, 2.24) is 9.62 Å². The first kappa shape index (κ1) is 22.7. The Balaban J connectivity index is 1.65. The maximum absolute atomic E-state index is 13.2. The van der Waals surface area contributed by atoms with Crippen molar-refractivity contribution >= 4 is 27.5 Å². The lowest BCUT2D eigenvalue weighted by Crippen LogP contribution is -2.43. The van der Waals surface area contributed by atoms with E-state index in [0.29, 0.717) is 44.8 Å². The van der Waals surface area contributed by atoms with Crippen LogP contribution in [0.2, 0.25) is 0 Å². The first-order valence-electron chi connectivity index (χ1n) is 10.8. The van der Waals surface area contributed by atoms with Crippen LogP contribution in [0.1, 0.15) is 52.5 Å². The third kappa shape index (κ3) is 4.70. The van der Waals surface area contributed by atoms with Gasteiger partial charge in [-0.05, 0) is 62.3 Å². The monoisotopic (exact) mass is 435 g/mol. The number of fused-ring (bicyclic) bond motifs is 1. The van der Waals surface area contributed by atoms with E-state index in [4.69, 9.17) is 0 Å².